The summed E-state index contributed by atoms with van der Waals surface area (Å²) in [6, 6.07) is 17.4. The van der Waals surface area contributed by atoms with Gasteiger partial charge < -0.3 is 10.6 Å². The van der Waals surface area contributed by atoms with E-state index in [-0.39, 0.29) is 0 Å². The molecule has 2 N–H and O–H groups in total. The van der Waals surface area contributed by atoms with Crippen LogP contribution in [0.25, 0.3) is 0 Å². The van der Waals surface area contributed by atoms with Gasteiger partial charge in [-0.05, 0) is 29.8 Å². The molecule has 4 heteroatoms. The second-order valence-corrected chi connectivity index (χ2v) is 4.72. The smallest absolute Gasteiger partial charge is 0.196 e. The van der Waals surface area contributed by atoms with Crippen molar-refractivity contribution in [2.75, 3.05) is 7.05 Å². The zero-order chi connectivity index (χ0) is 13.7. The van der Waals surface area contributed by atoms with Crippen LogP contribution in [0, 0.1) is 0 Å². The van der Waals surface area contributed by atoms with Gasteiger partial charge in [0.25, 0.3) is 0 Å². The van der Waals surface area contributed by atoms with Crippen molar-refractivity contribution in [2.24, 2.45) is 10.7 Å². The summed E-state index contributed by atoms with van der Waals surface area (Å²) >= 11 is 5.86. The van der Waals surface area contributed by atoms with Crippen LogP contribution in [0.15, 0.2) is 59.6 Å². The highest BCUT2D eigenvalue weighted by Gasteiger charge is 2.03. The third-order valence-electron chi connectivity index (χ3n) is 2.72. The molecule has 98 valence electrons. The molecule has 0 saturated carbocycles. The Balaban J connectivity index is 2.05. The Morgan fingerprint density at radius 2 is 1.74 bits per heavy atom. The van der Waals surface area contributed by atoms with Gasteiger partial charge in [0.1, 0.15) is 0 Å². The van der Waals surface area contributed by atoms with Crippen molar-refractivity contribution in [3.63, 3.8) is 0 Å². The fourth-order valence-electron chi connectivity index (χ4n) is 1.66. The molecule has 0 unspecified atom stereocenters. The molecule has 0 aromatic heterocycles. The monoisotopic (exact) mass is 273 g/mol. The molecular weight excluding hydrogens is 258 g/mol. The van der Waals surface area contributed by atoms with E-state index in [1.54, 1.807) is 0 Å². The molecule has 0 aliphatic carbocycles. The average Bonchev–Trinajstić information content (AvgIpc) is 2.42. The number of para-hydroxylation sites is 1. The van der Waals surface area contributed by atoms with E-state index in [0.29, 0.717) is 12.5 Å². The molecule has 2 aromatic carbocycles. The van der Waals surface area contributed by atoms with Crippen LogP contribution < -0.4 is 5.73 Å². The normalized spacial score (nSPS) is 11.4. The molecule has 0 amide bonds. The van der Waals surface area contributed by atoms with E-state index < -0.39 is 0 Å². The lowest BCUT2D eigenvalue weighted by Gasteiger charge is -2.18. The first-order valence-corrected chi connectivity index (χ1v) is 6.38. The van der Waals surface area contributed by atoms with Crippen LogP contribution in [0.3, 0.4) is 0 Å². The third kappa shape index (κ3) is 4.00. The number of hydrogen-bond donors (Lipinski definition) is 1. The Bertz CT molecular complexity index is 549. The summed E-state index contributed by atoms with van der Waals surface area (Å²) in [7, 11) is 1.91. The molecule has 0 bridgehead atoms. The van der Waals surface area contributed by atoms with Crippen LogP contribution in [-0.4, -0.2) is 17.9 Å². The summed E-state index contributed by atoms with van der Waals surface area (Å²) < 4.78 is 0. The summed E-state index contributed by atoms with van der Waals surface area (Å²) in [6.07, 6.45) is 0. The summed E-state index contributed by atoms with van der Waals surface area (Å²) in [5, 5.41) is 0.734. The Morgan fingerprint density at radius 1 is 1.11 bits per heavy atom. The molecule has 0 saturated heterocycles. The number of nitrogens with zero attached hydrogens (tertiary/aromatic N) is 2. The van der Waals surface area contributed by atoms with Crippen molar-refractivity contribution in [1.82, 2.24) is 4.90 Å². The van der Waals surface area contributed by atoms with Crippen LogP contribution >= 0.6 is 11.6 Å². The lowest BCUT2D eigenvalue weighted by atomic mass is 10.2. The molecule has 2 aromatic rings. The van der Waals surface area contributed by atoms with Crippen molar-refractivity contribution in [3.05, 3.63) is 65.2 Å². The molecule has 2 rings (SSSR count). The largest absolute Gasteiger partial charge is 0.369 e. The van der Waals surface area contributed by atoms with Gasteiger partial charge in [-0.15, -0.1) is 0 Å². The SMILES string of the molecule is CN(Cc1ccc(Cl)cc1)C(N)=Nc1ccccc1. The van der Waals surface area contributed by atoms with Crippen LogP contribution in [0.1, 0.15) is 5.56 Å². The van der Waals surface area contributed by atoms with Gasteiger partial charge in [-0.2, -0.15) is 0 Å². The Hall–Kier alpha value is -2.00. The quantitative estimate of drug-likeness (QED) is 0.688. The standard InChI is InChI=1S/C15H16ClN3/c1-19(11-12-7-9-13(16)10-8-12)15(17)18-14-5-3-2-4-6-14/h2-10H,11H2,1H3,(H2,17,18). The molecule has 3 nitrogen and oxygen atoms in total. The van der Waals surface area contributed by atoms with E-state index in [1.165, 1.54) is 0 Å². The van der Waals surface area contributed by atoms with Crippen LogP contribution in [0.5, 0.6) is 0 Å². The van der Waals surface area contributed by atoms with Gasteiger partial charge in [0.15, 0.2) is 5.96 Å². The van der Waals surface area contributed by atoms with Gasteiger partial charge in [0.2, 0.25) is 0 Å². The summed E-state index contributed by atoms with van der Waals surface area (Å²) in [6.45, 7) is 0.694. The van der Waals surface area contributed by atoms with Gasteiger partial charge in [-0.1, -0.05) is 41.9 Å². The molecule has 0 aliphatic rings. The Kier molecular flexibility index (Phi) is 4.42. The molecule has 0 heterocycles. The lowest BCUT2D eigenvalue weighted by molar-refractivity contribution is 0.495. The maximum atomic E-state index is 5.98. The second kappa shape index (κ2) is 6.25. The predicted octanol–water partition coefficient (Wildman–Crippen LogP) is 3.42. The van der Waals surface area contributed by atoms with E-state index >= 15 is 0 Å². The molecule has 0 radical (unpaired) electrons. The number of benzene rings is 2. The van der Waals surface area contributed by atoms with Gasteiger partial charge in [0.05, 0.1) is 5.69 Å². The minimum Gasteiger partial charge on any atom is -0.369 e. The fraction of sp³-hybridized carbons (Fsp3) is 0.133. The second-order valence-electron chi connectivity index (χ2n) is 4.29. The lowest BCUT2D eigenvalue weighted by Crippen LogP contribution is -2.33. The summed E-state index contributed by atoms with van der Waals surface area (Å²) in [5.74, 6) is 0.487. The van der Waals surface area contributed by atoms with Crippen molar-refractivity contribution >= 4 is 23.2 Å². The van der Waals surface area contributed by atoms with Crippen molar-refractivity contribution in [2.45, 2.75) is 6.54 Å². The maximum Gasteiger partial charge on any atom is 0.196 e. The van der Waals surface area contributed by atoms with Crippen molar-refractivity contribution in [1.29, 1.82) is 0 Å². The predicted molar refractivity (Wildman–Crippen MR) is 80.6 cm³/mol. The van der Waals surface area contributed by atoms with E-state index in [0.717, 1.165) is 16.3 Å². The van der Waals surface area contributed by atoms with E-state index in [9.17, 15) is 0 Å². The first-order valence-electron chi connectivity index (χ1n) is 6.00. The van der Waals surface area contributed by atoms with Gasteiger partial charge in [-0.3, -0.25) is 0 Å². The van der Waals surface area contributed by atoms with E-state index in [4.69, 9.17) is 17.3 Å². The molecule has 0 spiro atoms. The number of hydrogen-bond acceptors (Lipinski definition) is 1. The summed E-state index contributed by atoms with van der Waals surface area (Å²) in [4.78, 5) is 6.27. The topological polar surface area (TPSA) is 41.6 Å². The highest BCUT2D eigenvalue weighted by molar-refractivity contribution is 6.30. The van der Waals surface area contributed by atoms with Gasteiger partial charge in [-0.25, -0.2) is 4.99 Å². The number of rotatable bonds is 3. The van der Waals surface area contributed by atoms with E-state index in [2.05, 4.69) is 4.99 Å². The van der Waals surface area contributed by atoms with E-state index in [1.807, 2.05) is 66.5 Å². The Labute approximate surface area is 118 Å². The minimum atomic E-state index is 0.487. The first kappa shape index (κ1) is 13.4. The zero-order valence-corrected chi connectivity index (χ0v) is 11.5. The maximum absolute atomic E-state index is 5.98. The fourth-order valence-corrected chi connectivity index (χ4v) is 1.79. The molecular formula is C15H16ClN3. The third-order valence-corrected chi connectivity index (χ3v) is 2.98. The number of nitrogens with two attached hydrogens (primary N) is 1. The average molecular weight is 274 g/mol. The first-order chi connectivity index (χ1) is 9.15. The summed E-state index contributed by atoms with van der Waals surface area (Å²) in [5.41, 5.74) is 7.96. The molecule has 0 atom stereocenters. The zero-order valence-electron chi connectivity index (χ0n) is 10.8. The number of aliphatic imine (C=N–C) groups is 1. The molecule has 0 fully saturated rings. The number of guanidine groups is 1. The van der Waals surface area contributed by atoms with Crippen LogP contribution in [-0.2, 0) is 6.54 Å². The van der Waals surface area contributed by atoms with Gasteiger partial charge >= 0.3 is 0 Å². The van der Waals surface area contributed by atoms with Crippen LogP contribution in [0.2, 0.25) is 5.02 Å². The van der Waals surface area contributed by atoms with Crippen molar-refractivity contribution < 1.29 is 0 Å². The van der Waals surface area contributed by atoms with Gasteiger partial charge in [0, 0.05) is 18.6 Å². The minimum absolute atomic E-state index is 0.487. The highest BCUT2D eigenvalue weighted by Crippen LogP contribution is 2.12. The molecule has 0 aliphatic heterocycles. The van der Waals surface area contributed by atoms with Crippen molar-refractivity contribution in [3.8, 4) is 0 Å². The Morgan fingerprint density at radius 3 is 2.37 bits per heavy atom. The molecule has 19 heavy (non-hydrogen) atoms. The highest BCUT2D eigenvalue weighted by atomic mass is 35.5. The van der Waals surface area contributed by atoms with Crippen LogP contribution in [0.4, 0.5) is 5.69 Å². The number of halogens is 1.